The molecule has 0 aliphatic carbocycles. The van der Waals surface area contributed by atoms with E-state index >= 15 is 0 Å². The zero-order valence-corrected chi connectivity index (χ0v) is 12.0. The summed E-state index contributed by atoms with van der Waals surface area (Å²) in [6.45, 7) is -0.0978. The van der Waals surface area contributed by atoms with Gasteiger partial charge >= 0.3 is 0 Å². The van der Waals surface area contributed by atoms with Crippen LogP contribution in [0.5, 0.6) is 11.5 Å². The predicted molar refractivity (Wildman–Crippen MR) is 82.9 cm³/mol. The van der Waals surface area contributed by atoms with Gasteiger partial charge in [-0.2, -0.15) is 0 Å². The second-order valence-corrected chi connectivity index (χ2v) is 4.38. The summed E-state index contributed by atoms with van der Waals surface area (Å²) in [5.74, 6) is 1.02. The molecule has 114 valence electrons. The molecule has 6 heteroatoms. The minimum Gasteiger partial charge on any atom is -0.497 e. The molecule has 22 heavy (non-hydrogen) atoms. The average molecular weight is 300 g/mol. The van der Waals surface area contributed by atoms with Crippen molar-refractivity contribution < 1.29 is 19.5 Å². The Morgan fingerprint density at radius 2 is 1.77 bits per heavy atom. The molecule has 0 spiro atoms. The lowest BCUT2D eigenvalue weighted by molar-refractivity contribution is -0.118. The molecule has 0 fully saturated rings. The number of amides is 1. The number of hydrogen-bond acceptors (Lipinski definition) is 5. The van der Waals surface area contributed by atoms with Crippen LogP contribution in [-0.4, -0.2) is 31.0 Å². The van der Waals surface area contributed by atoms with Gasteiger partial charge in [-0.15, -0.1) is 0 Å². The lowest BCUT2D eigenvalue weighted by Gasteiger charge is -2.08. The van der Waals surface area contributed by atoms with Crippen LogP contribution in [0.15, 0.2) is 53.7 Å². The summed E-state index contributed by atoms with van der Waals surface area (Å²) < 4.78 is 10.4. The predicted octanol–water partition coefficient (Wildman–Crippen LogP) is 2.52. The SMILES string of the molecule is COc1ccc(NC(=O)COc2ccc(C=NO)cc2)cc1. The van der Waals surface area contributed by atoms with E-state index in [2.05, 4.69) is 10.5 Å². The second kappa shape index (κ2) is 7.68. The Balaban J connectivity index is 1.83. The summed E-state index contributed by atoms with van der Waals surface area (Å²) in [7, 11) is 1.58. The number of anilines is 1. The topological polar surface area (TPSA) is 80.2 Å². The van der Waals surface area contributed by atoms with E-state index in [-0.39, 0.29) is 12.5 Å². The summed E-state index contributed by atoms with van der Waals surface area (Å²) in [5, 5.41) is 14.1. The van der Waals surface area contributed by atoms with Gasteiger partial charge in [-0.3, -0.25) is 4.79 Å². The lowest BCUT2D eigenvalue weighted by atomic mass is 10.2. The zero-order valence-electron chi connectivity index (χ0n) is 12.0. The van der Waals surface area contributed by atoms with Crippen LogP contribution in [0.1, 0.15) is 5.56 Å². The molecule has 2 aromatic rings. The first kappa shape index (κ1) is 15.4. The monoisotopic (exact) mass is 300 g/mol. The highest BCUT2D eigenvalue weighted by molar-refractivity contribution is 5.91. The molecule has 0 aliphatic heterocycles. The molecule has 6 nitrogen and oxygen atoms in total. The Hall–Kier alpha value is -3.02. The van der Waals surface area contributed by atoms with Gasteiger partial charge in [0.25, 0.3) is 5.91 Å². The minimum absolute atomic E-state index is 0.0978. The maximum atomic E-state index is 11.8. The molecule has 1 amide bonds. The fraction of sp³-hybridized carbons (Fsp3) is 0.125. The van der Waals surface area contributed by atoms with Crippen LogP contribution >= 0.6 is 0 Å². The van der Waals surface area contributed by atoms with Crippen molar-refractivity contribution in [2.45, 2.75) is 0 Å². The molecule has 0 saturated carbocycles. The fourth-order valence-electron chi connectivity index (χ4n) is 1.74. The Morgan fingerprint density at radius 1 is 1.14 bits per heavy atom. The third-order valence-electron chi connectivity index (χ3n) is 2.83. The average Bonchev–Trinajstić information content (AvgIpc) is 2.55. The largest absolute Gasteiger partial charge is 0.497 e. The molecule has 0 heterocycles. The van der Waals surface area contributed by atoms with Crippen LogP contribution in [0.2, 0.25) is 0 Å². The van der Waals surface area contributed by atoms with Crippen molar-refractivity contribution >= 4 is 17.8 Å². The molecule has 0 radical (unpaired) electrons. The number of carbonyl (C=O) groups excluding carboxylic acids is 1. The summed E-state index contributed by atoms with van der Waals surface area (Å²) in [6, 6.07) is 13.8. The summed E-state index contributed by atoms with van der Waals surface area (Å²) in [4.78, 5) is 11.8. The number of carbonyl (C=O) groups is 1. The fourth-order valence-corrected chi connectivity index (χ4v) is 1.74. The molecule has 0 saturated heterocycles. The first-order valence-electron chi connectivity index (χ1n) is 6.55. The molecule has 2 N–H and O–H groups in total. The number of nitrogens with zero attached hydrogens (tertiary/aromatic N) is 1. The Kier molecular flexibility index (Phi) is 5.37. The van der Waals surface area contributed by atoms with E-state index in [1.165, 1.54) is 6.21 Å². The normalized spacial score (nSPS) is 10.4. The number of benzene rings is 2. The number of ether oxygens (including phenoxy) is 2. The molecular weight excluding hydrogens is 284 g/mol. The quantitative estimate of drug-likeness (QED) is 0.488. The summed E-state index contributed by atoms with van der Waals surface area (Å²) in [6.07, 6.45) is 1.31. The smallest absolute Gasteiger partial charge is 0.262 e. The number of methoxy groups -OCH3 is 1. The van der Waals surface area contributed by atoms with Crippen LogP contribution < -0.4 is 14.8 Å². The minimum atomic E-state index is -0.258. The Morgan fingerprint density at radius 3 is 2.36 bits per heavy atom. The van der Waals surface area contributed by atoms with Gasteiger partial charge in [0.05, 0.1) is 13.3 Å². The van der Waals surface area contributed by atoms with Crippen molar-refractivity contribution in [3.8, 4) is 11.5 Å². The van der Waals surface area contributed by atoms with Crippen molar-refractivity contribution in [3.05, 3.63) is 54.1 Å². The van der Waals surface area contributed by atoms with Gasteiger partial charge in [0, 0.05) is 5.69 Å². The van der Waals surface area contributed by atoms with E-state index in [1.807, 2.05) is 0 Å². The molecule has 0 aromatic heterocycles. The van der Waals surface area contributed by atoms with E-state index < -0.39 is 0 Å². The van der Waals surface area contributed by atoms with Crippen LogP contribution in [0.3, 0.4) is 0 Å². The van der Waals surface area contributed by atoms with Gasteiger partial charge in [0.1, 0.15) is 11.5 Å². The van der Waals surface area contributed by atoms with Crippen molar-refractivity contribution in [1.82, 2.24) is 0 Å². The molecule has 0 aliphatic rings. The highest BCUT2D eigenvalue weighted by Crippen LogP contribution is 2.15. The third kappa shape index (κ3) is 4.52. The summed E-state index contributed by atoms with van der Waals surface area (Å²) in [5.41, 5.74) is 1.40. The molecular formula is C16H16N2O4. The summed E-state index contributed by atoms with van der Waals surface area (Å²) >= 11 is 0. The zero-order chi connectivity index (χ0) is 15.8. The van der Waals surface area contributed by atoms with Crippen molar-refractivity contribution in [3.63, 3.8) is 0 Å². The van der Waals surface area contributed by atoms with Gasteiger partial charge in [-0.1, -0.05) is 5.16 Å². The first-order chi connectivity index (χ1) is 10.7. The molecule has 0 atom stereocenters. The molecule has 2 aromatic carbocycles. The second-order valence-electron chi connectivity index (χ2n) is 4.38. The van der Waals surface area contributed by atoms with Gasteiger partial charge in [-0.25, -0.2) is 0 Å². The third-order valence-corrected chi connectivity index (χ3v) is 2.83. The maximum Gasteiger partial charge on any atom is 0.262 e. The Bertz CT molecular complexity index is 636. The van der Waals surface area contributed by atoms with E-state index in [9.17, 15) is 4.79 Å². The van der Waals surface area contributed by atoms with E-state index in [4.69, 9.17) is 14.7 Å². The van der Waals surface area contributed by atoms with Gasteiger partial charge in [-0.05, 0) is 54.1 Å². The molecule has 0 bridgehead atoms. The van der Waals surface area contributed by atoms with Crippen molar-refractivity contribution in [2.75, 3.05) is 19.0 Å². The van der Waals surface area contributed by atoms with Crippen molar-refractivity contribution in [1.29, 1.82) is 0 Å². The van der Waals surface area contributed by atoms with Gasteiger partial charge in [0.2, 0.25) is 0 Å². The number of hydrogen-bond donors (Lipinski definition) is 2. The number of rotatable bonds is 6. The van der Waals surface area contributed by atoms with E-state index in [0.29, 0.717) is 11.4 Å². The highest BCUT2D eigenvalue weighted by atomic mass is 16.5. The van der Waals surface area contributed by atoms with Crippen LogP contribution in [0.4, 0.5) is 5.69 Å². The number of oxime groups is 1. The van der Waals surface area contributed by atoms with Crippen LogP contribution in [0, 0.1) is 0 Å². The van der Waals surface area contributed by atoms with Crippen LogP contribution in [-0.2, 0) is 4.79 Å². The Labute approximate surface area is 128 Å². The van der Waals surface area contributed by atoms with Crippen molar-refractivity contribution in [2.24, 2.45) is 5.16 Å². The maximum absolute atomic E-state index is 11.8. The standard InChI is InChI=1S/C16H16N2O4/c1-21-14-8-4-13(5-9-14)18-16(19)11-22-15-6-2-12(3-7-15)10-17-20/h2-10,20H,11H2,1H3,(H,18,19). The number of nitrogens with one attached hydrogen (secondary N) is 1. The van der Waals surface area contributed by atoms with E-state index in [1.54, 1.807) is 55.6 Å². The molecule has 2 rings (SSSR count). The van der Waals surface area contributed by atoms with Gasteiger partial charge < -0.3 is 20.0 Å². The highest BCUT2D eigenvalue weighted by Gasteiger charge is 2.04. The molecule has 0 unspecified atom stereocenters. The van der Waals surface area contributed by atoms with Gasteiger partial charge in [0.15, 0.2) is 6.61 Å². The lowest BCUT2D eigenvalue weighted by Crippen LogP contribution is -2.20. The van der Waals surface area contributed by atoms with Crippen LogP contribution in [0.25, 0.3) is 0 Å². The first-order valence-corrected chi connectivity index (χ1v) is 6.55. The van der Waals surface area contributed by atoms with E-state index in [0.717, 1.165) is 11.3 Å².